The van der Waals surface area contributed by atoms with Gasteiger partial charge < -0.3 is 0 Å². The van der Waals surface area contributed by atoms with E-state index in [4.69, 9.17) is 0 Å². The van der Waals surface area contributed by atoms with Gasteiger partial charge in [-0.15, -0.1) is 0 Å². The van der Waals surface area contributed by atoms with Crippen LogP contribution >= 0.6 is 0 Å². The van der Waals surface area contributed by atoms with Gasteiger partial charge in [-0.05, 0) is 56.7 Å². The van der Waals surface area contributed by atoms with Gasteiger partial charge in [-0.2, -0.15) is 0 Å². The minimum atomic E-state index is -0.939. The summed E-state index contributed by atoms with van der Waals surface area (Å²) in [6, 6.07) is 31.0. The fourth-order valence-electron chi connectivity index (χ4n) is 12.0. The van der Waals surface area contributed by atoms with Crippen molar-refractivity contribution < 1.29 is 28.8 Å². The number of hydrogen-bond acceptors (Lipinski definition) is 6. The van der Waals surface area contributed by atoms with Gasteiger partial charge in [0.2, 0.25) is 0 Å². The largest absolute Gasteiger partial charge is 0.290 e. The maximum Gasteiger partial charge on any atom is 0.187 e. The van der Waals surface area contributed by atoms with Crippen LogP contribution in [0.4, 0.5) is 0 Å². The van der Waals surface area contributed by atoms with Gasteiger partial charge in [-0.3, -0.25) is 28.8 Å². The van der Waals surface area contributed by atoms with E-state index in [1.807, 2.05) is 97.1 Å². The van der Waals surface area contributed by atoms with Crippen molar-refractivity contribution in [1.29, 1.82) is 0 Å². The van der Waals surface area contributed by atoms with Crippen LogP contribution in [0.5, 0.6) is 0 Å². The molecular formula is C48H24O6. The van der Waals surface area contributed by atoms with Crippen LogP contribution in [0.3, 0.4) is 0 Å². The van der Waals surface area contributed by atoms with Gasteiger partial charge in [0.05, 0.1) is 0 Å². The highest BCUT2D eigenvalue weighted by molar-refractivity contribution is 6.37. The molecule has 12 aliphatic rings. The van der Waals surface area contributed by atoms with Gasteiger partial charge in [-0.25, -0.2) is 0 Å². The van der Waals surface area contributed by atoms with Gasteiger partial charge in [0.15, 0.2) is 34.7 Å². The maximum atomic E-state index is 15.5. The lowest BCUT2D eigenvalue weighted by atomic mass is 9.48. The molecule has 6 bridgehead atoms. The molecule has 0 aliphatic heterocycles. The summed E-state index contributed by atoms with van der Waals surface area (Å²) in [4.78, 5) is 89.1. The first-order chi connectivity index (χ1) is 26.4. The average Bonchev–Trinajstić information content (AvgIpc) is 3.22. The van der Waals surface area contributed by atoms with Crippen molar-refractivity contribution in [1.82, 2.24) is 0 Å². The first kappa shape index (κ1) is 28.9. The fourth-order valence-corrected chi connectivity index (χ4v) is 12.0. The van der Waals surface area contributed by atoms with Crippen LogP contribution in [0.25, 0.3) is 0 Å². The number of carbonyl (C=O) groups excluding carboxylic acids is 6. The van der Waals surface area contributed by atoms with Crippen LogP contribution in [0, 0.1) is 0 Å². The normalized spacial score (nSPS) is 28.5. The number of rotatable bonds is 0. The van der Waals surface area contributed by atoms with E-state index >= 15 is 19.2 Å². The molecule has 12 aliphatic carbocycles. The monoisotopic (exact) mass is 696 g/mol. The van der Waals surface area contributed by atoms with E-state index < -0.39 is 35.5 Å². The molecule has 6 heteroatoms. The van der Waals surface area contributed by atoms with Crippen molar-refractivity contribution in [2.75, 3.05) is 0 Å². The van der Waals surface area contributed by atoms with Crippen molar-refractivity contribution >= 4 is 34.7 Å². The lowest BCUT2D eigenvalue weighted by Gasteiger charge is -2.52. The second-order valence-corrected chi connectivity index (χ2v) is 15.6. The predicted octanol–water partition coefficient (Wildman–Crippen LogP) is 6.56. The Hall–Kier alpha value is -6.66. The number of ketones is 6. The van der Waals surface area contributed by atoms with Crippen LogP contribution in [-0.4, -0.2) is 34.7 Å². The van der Waals surface area contributed by atoms with E-state index in [9.17, 15) is 9.59 Å². The molecular weight excluding hydrogens is 673 g/mol. The summed E-state index contributed by atoms with van der Waals surface area (Å²) < 4.78 is 0. The highest BCUT2D eigenvalue weighted by Crippen LogP contribution is 2.67. The van der Waals surface area contributed by atoms with Crippen molar-refractivity contribution in [3.05, 3.63) is 209 Å². The number of Topliss-reactive ketones (excluding diaryl/α,β-unsaturated/α-hetero) is 4. The molecule has 16 rings (SSSR count). The molecule has 0 aromatic heterocycles. The minimum absolute atomic E-state index is 0.221. The van der Waals surface area contributed by atoms with Gasteiger partial charge in [0.1, 0.15) is 0 Å². The molecule has 4 atom stereocenters. The predicted molar refractivity (Wildman–Crippen MR) is 195 cm³/mol. The van der Waals surface area contributed by atoms with E-state index in [-0.39, 0.29) is 68.1 Å². The molecule has 0 N–H and O–H groups in total. The van der Waals surface area contributed by atoms with Gasteiger partial charge >= 0.3 is 0 Å². The zero-order valence-electron chi connectivity index (χ0n) is 28.3. The Labute approximate surface area is 307 Å². The molecule has 2 unspecified atom stereocenters. The summed E-state index contributed by atoms with van der Waals surface area (Å²) in [7, 11) is 0. The summed E-state index contributed by atoms with van der Waals surface area (Å²) >= 11 is 0. The van der Waals surface area contributed by atoms with Crippen LogP contribution in [0.2, 0.25) is 0 Å². The number of allylic oxidation sites excluding steroid dienone is 12. The Morgan fingerprint density at radius 3 is 0.667 bits per heavy atom. The second-order valence-electron chi connectivity index (χ2n) is 15.6. The minimum Gasteiger partial charge on any atom is -0.290 e. The second kappa shape index (κ2) is 9.28. The van der Waals surface area contributed by atoms with Crippen LogP contribution in [0.1, 0.15) is 80.0 Å². The van der Waals surface area contributed by atoms with Crippen molar-refractivity contribution in [2.45, 2.75) is 35.5 Å². The highest BCUT2D eigenvalue weighted by atomic mass is 16.2. The third-order valence-corrected chi connectivity index (χ3v) is 13.7. The Bertz CT molecular complexity index is 2730. The SMILES string of the molecule is O=C1C=CC(=O)C2=C1C1C3=C(C(=O)C4=C(C3=O)C3C5=C(C(=O)C6=C(C5=O)C5c7ccccc7C6c6ccccc65)[C@H]4c4ccccc43)[C@H]2c2ccccc21. The Balaban J connectivity index is 1.04. The molecule has 0 amide bonds. The molecule has 4 aromatic carbocycles. The summed E-state index contributed by atoms with van der Waals surface area (Å²) in [5.41, 5.74) is 9.92. The van der Waals surface area contributed by atoms with Crippen molar-refractivity contribution in [3.63, 3.8) is 0 Å². The summed E-state index contributed by atoms with van der Waals surface area (Å²) in [5.74, 6) is -6.50. The molecule has 0 saturated heterocycles. The van der Waals surface area contributed by atoms with Gasteiger partial charge in [-0.1, -0.05) is 97.1 Å². The lowest BCUT2D eigenvalue weighted by Crippen LogP contribution is -2.49. The van der Waals surface area contributed by atoms with Crippen molar-refractivity contribution in [2.24, 2.45) is 0 Å². The van der Waals surface area contributed by atoms with E-state index in [0.717, 1.165) is 44.5 Å². The smallest absolute Gasteiger partial charge is 0.187 e. The molecule has 4 aromatic rings. The third kappa shape index (κ3) is 2.93. The maximum absolute atomic E-state index is 15.5. The first-order valence-electron chi connectivity index (χ1n) is 18.4. The summed E-state index contributed by atoms with van der Waals surface area (Å²) in [6.07, 6.45) is 2.51. The highest BCUT2D eigenvalue weighted by Gasteiger charge is 2.63. The fraction of sp³-hybridized carbons (Fsp3) is 0.125. The number of hydrogen-bond donors (Lipinski definition) is 0. The zero-order chi connectivity index (χ0) is 36.0. The van der Waals surface area contributed by atoms with Gasteiger partial charge in [0, 0.05) is 91.2 Å². The Kier molecular flexibility index (Phi) is 4.96. The summed E-state index contributed by atoms with van der Waals surface area (Å²) in [5, 5.41) is 0. The molecule has 0 spiro atoms. The number of benzene rings is 4. The average molecular weight is 697 g/mol. The molecule has 54 heavy (non-hydrogen) atoms. The third-order valence-electron chi connectivity index (χ3n) is 13.7. The summed E-state index contributed by atoms with van der Waals surface area (Å²) in [6.45, 7) is 0. The molecule has 252 valence electrons. The zero-order valence-corrected chi connectivity index (χ0v) is 28.3. The van der Waals surface area contributed by atoms with E-state index in [1.54, 1.807) is 0 Å². The van der Waals surface area contributed by atoms with Gasteiger partial charge in [0.25, 0.3) is 0 Å². The number of carbonyl (C=O) groups is 6. The molecule has 6 nitrogen and oxygen atoms in total. The quantitative estimate of drug-likeness (QED) is 0.193. The Morgan fingerprint density at radius 1 is 0.241 bits per heavy atom. The Morgan fingerprint density at radius 2 is 0.426 bits per heavy atom. The molecule has 0 fully saturated rings. The molecule has 0 heterocycles. The van der Waals surface area contributed by atoms with Crippen molar-refractivity contribution in [3.8, 4) is 0 Å². The van der Waals surface area contributed by atoms with Crippen LogP contribution in [-0.2, 0) is 28.8 Å². The standard InChI is InChI=1S/C48H24O6/c49-27-17-18-28(50)36-32-24-14-6-5-13-23(24)31(35(27)36)39-40(32)48(54)44-34-26-16-8-7-15-25(26)33(43(44)47(39)53)41-42(34)46(52)38-30-20-10-2-1-9-19(20)29(37(38)45(41)51)21-11-3-4-12-22(21)30/h1-18,29-34H/t29?,30?,31-,32?,33+,34?/m0/s1. The van der Waals surface area contributed by atoms with E-state index in [0.29, 0.717) is 22.3 Å². The van der Waals surface area contributed by atoms with Crippen LogP contribution < -0.4 is 0 Å². The van der Waals surface area contributed by atoms with E-state index in [1.165, 1.54) is 12.2 Å². The topological polar surface area (TPSA) is 102 Å². The van der Waals surface area contributed by atoms with Crippen LogP contribution in [0.15, 0.2) is 165 Å². The van der Waals surface area contributed by atoms with E-state index in [2.05, 4.69) is 0 Å². The first-order valence-corrected chi connectivity index (χ1v) is 18.4. The molecule has 0 saturated carbocycles. The molecule has 0 radical (unpaired) electrons. The lowest BCUT2D eigenvalue weighted by molar-refractivity contribution is -0.119.